The predicted octanol–water partition coefficient (Wildman–Crippen LogP) is 7.73. The lowest BCUT2D eigenvalue weighted by molar-refractivity contribution is -0.137. The quantitative estimate of drug-likeness (QED) is 0.0692. The van der Waals surface area contributed by atoms with E-state index in [9.17, 15) is 32.3 Å². The Balaban J connectivity index is 0.882. The molecule has 0 aliphatic carbocycles. The van der Waals surface area contributed by atoms with Crippen molar-refractivity contribution in [2.45, 2.75) is 44.8 Å². The smallest absolute Gasteiger partial charge is 0.416 e. The second-order valence-electron chi connectivity index (χ2n) is 13.8. The highest BCUT2D eigenvalue weighted by atomic mass is 35.5. The molecular weight excluding hydrogens is 773 g/mol. The van der Waals surface area contributed by atoms with Crippen molar-refractivity contribution in [3.05, 3.63) is 131 Å². The number of benzene rings is 5. The zero-order valence-electron chi connectivity index (χ0n) is 31.5. The standard InChI is InChI=1S/C44H42ClF3N4O6/c45-26-42(55)52-21-5-9-32-25-36(16-18-38(32)52)57-28-41(54)50-20-2-1-19-49-40(53)23-29-6-3-7-30(22-29)27-51-43(56)33-11-17-37-31(24-33)8-4-10-39(37)58-35-14-12-34(13-15-35)44(46,47)48/h3-4,6-8,10-18,22,24-25H,1-2,5,9,19-21,23,26-28H2,(H,49,53)(H,50,54)(H,51,56). The Morgan fingerprint density at radius 1 is 0.759 bits per heavy atom. The van der Waals surface area contributed by atoms with E-state index in [1.165, 1.54) is 12.1 Å². The minimum Gasteiger partial charge on any atom is -0.484 e. The fraction of sp³-hybridized carbons (Fsp3) is 0.273. The molecule has 1 aliphatic rings. The maximum Gasteiger partial charge on any atom is 0.416 e. The van der Waals surface area contributed by atoms with Crippen molar-refractivity contribution < 1.29 is 41.8 Å². The van der Waals surface area contributed by atoms with Crippen LogP contribution in [0.25, 0.3) is 10.8 Å². The topological polar surface area (TPSA) is 126 Å². The predicted molar refractivity (Wildman–Crippen MR) is 215 cm³/mol. The second-order valence-corrected chi connectivity index (χ2v) is 14.0. The van der Waals surface area contributed by atoms with Crippen LogP contribution in [0.4, 0.5) is 18.9 Å². The van der Waals surface area contributed by atoms with Gasteiger partial charge in [-0.1, -0.05) is 36.4 Å². The molecule has 3 N–H and O–H groups in total. The van der Waals surface area contributed by atoms with Gasteiger partial charge in [0.1, 0.15) is 23.1 Å². The molecule has 0 bridgehead atoms. The Morgan fingerprint density at radius 2 is 1.48 bits per heavy atom. The summed E-state index contributed by atoms with van der Waals surface area (Å²) in [5.41, 5.74) is 3.08. The molecule has 4 amide bonds. The number of amides is 4. The SMILES string of the molecule is O=C(COc1ccc2c(c1)CCCN2C(=O)CCl)NCCCCNC(=O)Cc1cccc(CNC(=O)c2ccc3c(Oc4ccc(C(F)(F)F)cc4)cccc3c2)c1. The van der Waals surface area contributed by atoms with Gasteiger partial charge in [-0.25, -0.2) is 0 Å². The summed E-state index contributed by atoms with van der Waals surface area (Å²) < 4.78 is 50.4. The molecule has 5 aromatic rings. The number of ether oxygens (including phenoxy) is 2. The first-order valence-corrected chi connectivity index (χ1v) is 19.4. The van der Waals surface area contributed by atoms with Crippen molar-refractivity contribution >= 4 is 51.7 Å². The number of hydrogen-bond donors (Lipinski definition) is 3. The highest BCUT2D eigenvalue weighted by molar-refractivity contribution is 6.29. The molecule has 0 unspecified atom stereocenters. The average Bonchev–Trinajstić information content (AvgIpc) is 3.22. The summed E-state index contributed by atoms with van der Waals surface area (Å²) in [6, 6.07) is 27.6. The van der Waals surface area contributed by atoms with E-state index in [-0.39, 0.29) is 54.8 Å². The average molecular weight is 815 g/mol. The number of nitrogens with zero attached hydrogens (tertiary/aromatic N) is 1. The molecule has 0 aromatic heterocycles. The number of hydrogen-bond acceptors (Lipinski definition) is 6. The lowest BCUT2D eigenvalue weighted by Gasteiger charge is -2.29. The number of rotatable bonds is 16. The first kappa shape index (κ1) is 41.6. The van der Waals surface area contributed by atoms with Crippen molar-refractivity contribution in [1.29, 1.82) is 0 Å². The number of halogens is 4. The second kappa shape index (κ2) is 19.4. The van der Waals surface area contributed by atoms with Crippen LogP contribution in [0.1, 0.15) is 51.9 Å². The van der Waals surface area contributed by atoms with E-state index in [1.54, 1.807) is 41.3 Å². The molecule has 0 radical (unpaired) electrons. The van der Waals surface area contributed by atoms with Crippen molar-refractivity contribution in [1.82, 2.24) is 16.0 Å². The molecule has 5 aromatic carbocycles. The summed E-state index contributed by atoms with van der Waals surface area (Å²) >= 11 is 5.74. The number of anilines is 1. The molecule has 0 fully saturated rings. The van der Waals surface area contributed by atoms with Crippen molar-refractivity contribution in [3.63, 3.8) is 0 Å². The van der Waals surface area contributed by atoms with E-state index >= 15 is 0 Å². The molecule has 1 aliphatic heterocycles. The summed E-state index contributed by atoms with van der Waals surface area (Å²) in [5.74, 6) is 0.336. The van der Waals surface area contributed by atoms with Crippen LogP contribution in [-0.2, 0) is 39.9 Å². The third-order valence-electron chi connectivity index (χ3n) is 9.52. The van der Waals surface area contributed by atoms with Gasteiger partial charge in [-0.3, -0.25) is 19.2 Å². The molecule has 0 atom stereocenters. The number of unbranched alkanes of at least 4 members (excludes halogenated alkanes) is 1. The summed E-state index contributed by atoms with van der Waals surface area (Å²) in [7, 11) is 0. The van der Waals surface area contributed by atoms with E-state index in [0.717, 1.165) is 52.7 Å². The third-order valence-corrected chi connectivity index (χ3v) is 9.75. The van der Waals surface area contributed by atoms with Crippen LogP contribution in [-0.4, -0.2) is 55.7 Å². The Morgan fingerprint density at radius 3 is 2.24 bits per heavy atom. The minimum absolute atomic E-state index is 0.0781. The van der Waals surface area contributed by atoms with E-state index < -0.39 is 11.7 Å². The van der Waals surface area contributed by atoms with E-state index in [4.69, 9.17) is 21.1 Å². The minimum atomic E-state index is -4.44. The van der Waals surface area contributed by atoms with Crippen LogP contribution in [0.5, 0.6) is 17.2 Å². The molecule has 10 nitrogen and oxygen atoms in total. The van der Waals surface area contributed by atoms with Crippen LogP contribution < -0.4 is 30.3 Å². The Hall–Kier alpha value is -6.08. The summed E-state index contributed by atoms with van der Waals surface area (Å²) in [5, 5.41) is 10.1. The van der Waals surface area contributed by atoms with E-state index in [0.29, 0.717) is 54.9 Å². The monoisotopic (exact) mass is 814 g/mol. The van der Waals surface area contributed by atoms with Gasteiger partial charge in [0.05, 0.1) is 12.0 Å². The molecule has 58 heavy (non-hydrogen) atoms. The van der Waals surface area contributed by atoms with E-state index in [2.05, 4.69) is 16.0 Å². The van der Waals surface area contributed by atoms with Crippen LogP contribution in [0, 0.1) is 0 Å². The summed E-state index contributed by atoms with van der Waals surface area (Å²) in [4.78, 5) is 51.8. The lowest BCUT2D eigenvalue weighted by atomic mass is 10.0. The lowest BCUT2D eigenvalue weighted by Crippen LogP contribution is -2.36. The zero-order chi connectivity index (χ0) is 41.1. The van der Waals surface area contributed by atoms with Crippen LogP contribution >= 0.6 is 11.6 Å². The van der Waals surface area contributed by atoms with Gasteiger partial charge in [0.15, 0.2) is 6.61 Å². The maximum atomic E-state index is 13.1. The molecule has 0 saturated heterocycles. The first-order valence-electron chi connectivity index (χ1n) is 18.9. The maximum absolute atomic E-state index is 13.1. The highest BCUT2D eigenvalue weighted by Gasteiger charge is 2.30. The van der Waals surface area contributed by atoms with Crippen molar-refractivity contribution in [2.75, 3.05) is 37.0 Å². The molecule has 14 heteroatoms. The zero-order valence-corrected chi connectivity index (χ0v) is 32.3. The van der Waals surface area contributed by atoms with Gasteiger partial charge in [-0.15, -0.1) is 11.6 Å². The molecule has 6 rings (SSSR count). The largest absolute Gasteiger partial charge is 0.484 e. The number of nitrogens with one attached hydrogen (secondary N) is 3. The first-order chi connectivity index (χ1) is 28.0. The summed E-state index contributed by atoms with van der Waals surface area (Å²) in [6.07, 6.45) is -1.30. The van der Waals surface area contributed by atoms with Crippen LogP contribution in [0.2, 0.25) is 0 Å². The van der Waals surface area contributed by atoms with Gasteiger partial charge >= 0.3 is 6.18 Å². The molecular formula is C44H42ClF3N4O6. The number of fused-ring (bicyclic) bond motifs is 2. The molecule has 0 saturated carbocycles. The Kier molecular flexibility index (Phi) is 13.9. The number of aryl methyl sites for hydroxylation is 1. The van der Waals surface area contributed by atoms with Gasteiger partial charge in [0, 0.05) is 42.8 Å². The van der Waals surface area contributed by atoms with Crippen molar-refractivity contribution in [3.8, 4) is 17.2 Å². The van der Waals surface area contributed by atoms with Gasteiger partial charge in [-0.05, 0) is 114 Å². The van der Waals surface area contributed by atoms with Gasteiger partial charge in [0.25, 0.3) is 11.8 Å². The fourth-order valence-electron chi connectivity index (χ4n) is 6.61. The van der Waals surface area contributed by atoms with Gasteiger partial charge in [0.2, 0.25) is 11.8 Å². The fourth-order valence-corrected chi connectivity index (χ4v) is 6.75. The van der Waals surface area contributed by atoms with E-state index in [1.807, 2.05) is 42.5 Å². The number of carbonyl (C=O) groups excluding carboxylic acids is 4. The van der Waals surface area contributed by atoms with Gasteiger partial charge < -0.3 is 30.3 Å². The van der Waals surface area contributed by atoms with Crippen molar-refractivity contribution in [2.24, 2.45) is 0 Å². The third kappa shape index (κ3) is 11.3. The molecule has 0 spiro atoms. The Labute approximate surface area is 338 Å². The Bertz CT molecular complexity index is 2270. The highest BCUT2D eigenvalue weighted by Crippen LogP contribution is 2.34. The van der Waals surface area contributed by atoms with Gasteiger partial charge in [-0.2, -0.15) is 13.2 Å². The van der Waals surface area contributed by atoms with Crippen LogP contribution in [0.3, 0.4) is 0 Å². The molecule has 1 heterocycles. The van der Waals surface area contributed by atoms with Crippen LogP contribution in [0.15, 0.2) is 103 Å². The summed E-state index contributed by atoms with van der Waals surface area (Å²) in [6.45, 7) is 1.62. The number of carbonyl (C=O) groups is 4. The number of alkyl halides is 4. The molecule has 302 valence electrons. The normalized spacial score (nSPS) is 12.4.